The molecule has 0 unspecified atom stereocenters. The fourth-order valence-corrected chi connectivity index (χ4v) is 2.57. The number of hydrogen-bond acceptors (Lipinski definition) is 3. The van der Waals surface area contributed by atoms with E-state index in [4.69, 9.17) is 0 Å². The molecular weight excluding hydrogens is 250 g/mol. The molecule has 1 aromatic carbocycles. The van der Waals surface area contributed by atoms with Crippen LogP contribution in [0.25, 0.3) is 11.0 Å². The van der Waals surface area contributed by atoms with Gasteiger partial charge in [-0.15, -0.1) is 0 Å². The van der Waals surface area contributed by atoms with E-state index in [1.165, 1.54) is 19.3 Å². The van der Waals surface area contributed by atoms with E-state index < -0.39 is 0 Å². The van der Waals surface area contributed by atoms with Gasteiger partial charge in [-0.05, 0) is 25.0 Å². The van der Waals surface area contributed by atoms with Crippen molar-refractivity contribution < 1.29 is 0 Å². The number of rotatable bonds is 2. The second-order valence-corrected chi connectivity index (χ2v) is 4.91. The highest BCUT2D eigenvalue weighted by atomic mass is 16.1. The van der Waals surface area contributed by atoms with Crippen LogP contribution in [0.1, 0.15) is 46.0 Å². The molecule has 1 fully saturated rings. The largest absolute Gasteiger partial charge is 0.363 e. The van der Waals surface area contributed by atoms with Crippen molar-refractivity contribution in [2.24, 2.45) is 0 Å². The average molecular weight is 273 g/mol. The lowest BCUT2D eigenvalue weighted by Crippen LogP contribution is -2.27. The third-order valence-electron chi connectivity index (χ3n) is 3.55. The SMILES string of the molecule is CC.O=c1[nH]c2ccccc2nc1NC1CCCCC1. The standard InChI is InChI=1S/C14H17N3O.C2H6/c18-14-13(15-10-6-2-1-3-7-10)16-11-8-4-5-9-12(11)17-14;1-2/h4-5,8-10H,1-3,6-7H2,(H,15,16)(H,17,18);1-2H3. The molecule has 4 nitrogen and oxygen atoms in total. The molecule has 1 aliphatic rings. The van der Waals surface area contributed by atoms with Crippen molar-refractivity contribution in [1.82, 2.24) is 9.97 Å². The number of aromatic amines is 1. The lowest BCUT2D eigenvalue weighted by molar-refractivity contribution is 0.461. The summed E-state index contributed by atoms with van der Waals surface area (Å²) in [5.74, 6) is 0.459. The lowest BCUT2D eigenvalue weighted by Gasteiger charge is -2.22. The molecule has 0 amide bonds. The Morgan fingerprint density at radius 1 is 1.15 bits per heavy atom. The first-order chi connectivity index (χ1) is 9.83. The van der Waals surface area contributed by atoms with E-state index in [9.17, 15) is 4.79 Å². The molecule has 20 heavy (non-hydrogen) atoms. The number of benzene rings is 1. The van der Waals surface area contributed by atoms with E-state index >= 15 is 0 Å². The van der Waals surface area contributed by atoms with E-state index in [1.54, 1.807) is 0 Å². The zero-order chi connectivity index (χ0) is 14.4. The Labute approximate surface area is 119 Å². The summed E-state index contributed by atoms with van der Waals surface area (Å²) in [5.41, 5.74) is 1.49. The van der Waals surface area contributed by atoms with Gasteiger partial charge in [0.05, 0.1) is 11.0 Å². The van der Waals surface area contributed by atoms with Gasteiger partial charge in [0.1, 0.15) is 0 Å². The van der Waals surface area contributed by atoms with Crippen LogP contribution in [-0.4, -0.2) is 16.0 Å². The van der Waals surface area contributed by atoms with Crippen molar-refractivity contribution in [2.75, 3.05) is 5.32 Å². The molecule has 1 saturated carbocycles. The molecule has 2 N–H and O–H groups in total. The van der Waals surface area contributed by atoms with Gasteiger partial charge in [0.25, 0.3) is 5.56 Å². The zero-order valence-corrected chi connectivity index (χ0v) is 12.3. The number of H-pyrrole nitrogens is 1. The van der Waals surface area contributed by atoms with E-state index in [0.29, 0.717) is 11.9 Å². The fraction of sp³-hybridized carbons (Fsp3) is 0.500. The first-order valence-electron chi connectivity index (χ1n) is 7.58. The van der Waals surface area contributed by atoms with Crippen molar-refractivity contribution in [3.05, 3.63) is 34.6 Å². The summed E-state index contributed by atoms with van der Waals surface area (Å²) in [4.78, 5) is 19.2. The third-order valence-corrected chi connectivity index (χ3v) is 3.55. The molecule has 1 aliphatic carbocycles. The second-order valence-electron chi connectivity index (χ2n) is 4.91. The Balaban J connectivity index is 0.000000704. The number of fused-ring (bicyclic) bond motifs is 1. The van der Waals surface area contributed by atoms with Crippen LogP contribution in [0.15, 0.2) is 29.1 Å². The molecule has 0 saturated heterocycles. The zero-order valence-electron chi connectivity index (χ0n) is 12.3. The van der Waals surface area contributed by atoms with Gasteiger partial charge in [-0.3, -0.25) is 4.79 Å². The summed E-state index contributed by atoms with van der Waals surface area (Å²) < 4.78 is 0. The van der Waals surface area contributed by atoms with E-state index in [-0.39, 0.29) is 5.56 Å². The lowest BCUT2D eigenvalue weighted by atomic mass is 9.95. The summed E-state index contributed by atoms with van der Waals surface area (Å²) in [6.45, 7) is 4.00. The maximum atomic E-state index is 11.9. The maximum Gasteiger partial charge on any atom is 0.291 e. The Hall–Kier alpha value is -1.84. The van der Waals surface area contributed by atoms with Gasteiger partial charge in [-0.1, -0.05) is 45.2 Å². The van der Waals surface area contributed by atoms with Crippen LogP contribution in [0.3, 0.4) is 0 Å². The van der Waals surface area contributed by atoms with Gasteiger partial charge in [-0.25, -0.2) is 4.98 Å². The Morgan fingerprint density at radius 2 is 1.85 bits per heavy atom. The average Bonchev–Trinajstić information content (AvgIpc) is 2.51. The second kappa shape index (κ2) is 7.08. The van der Waals surface area contributed by atoms with Gasteiger partial charge >= 0.3 is 0 Å². The highest BCUT2D eigenvalue weighted by molar-refractivity contribution is 5.75. The molecule has 1 aromatic heterocycles. The predicted molar refractivity (Wildman–Crippen MR) is 84.2 cm³/mol. The molecule has 2 aromatic rings. The van der Waals surface area contributed by atoms with Crippen LogP contribution in [0.5, 0.6) is 0 Å². The Kier molecular flexibility index (Phi) is 5.16. The highest BCUT2D eigenvalue weighted by Crippen LogP contribution is 2.20. The summed E-state index contributed by atoms with van der Waals surface area (Å²) in [5, 5.41) is 3.29. The molecule has 0 aliphatic heterocycles. The molecular formula is C16H23N3O. The number of nitrogens with zero attached hydrogens (tertiary/aromatic N) is 1. The number of hydrogen-bond donors (Lipinski definition) is 2. The minimum Gasteiger partial charge on any atom is -0.363 e. The number of aromatic nitrogens is 2. The van der Waals surface area contributed by atoms with Crippen molar-refractivity contribution >= 4 is 16.9 Å². The molecule has 0 spiro atoms. The Bertz CT molecular complexity index is 600. The normalized spacial score (nSPS) is 15.5. The molecule has 108 valence electrons. The smallest absolute Gasteiger partial charge is 0.291 e. The minimum absolute atomic E-state index is 0.126. The monoisotopic (exact) mass is 273 g/mol. The van der Waals surface area contributed by atoms with E-state index in [1.807, 2.05) is 38.1 Å². The van der Waals surface area contributed by atoms with Crippen molar-refractivity contribution in [3.63, 3.8) is 0 Å². The van der Waals surface area contributed by atoms with Crippen molar-refractivity contribution in [1.29, 1.82) is 0 Å². The van der Waals surface area contributed by atoms with Crippen LogP contribution in [0, 0.1) is 0 Å². The number of nitrogens with one attached hydrogen (secondary N) is 2. The summed E-state index contributed by atoms with van der Waals surface area (Å²) in [6.07, 6.45) is 6.05. The minimum atomic E-state index is -0.126. The first-order valence-corrected chi connectivity index (χ1v) is 7.58. The van der Waals surface area contributed by atoms with Crippen LogP contribution in [0.4, 0.5) is 5.82 Å². The summed E-state index contributed by atoms with van der Waals surface area (Å²) in [7, 11) is 0. The quantitative estimate of drug-likeness (QED) is 0.877. The van der Waals surface area contributed by atoms with Gasteiger partial charge in [-0.2, -0.15) is 0 Å². The van der Waals surface area contributed by atoms with Crippen LogP contribution in [-0.2, 0) is 0 Å². The molecule has 0 radical (unpaired) electrons. The van der Waals surface area contributed by atoms with Gasteiger partial charge in [0.2, 0.25) is 0 Å². The summed E-state index contributed by atoms with van der Waals surface area (Å²) >= 11 is 0. The third kappa shape index (κ3) is 3.38. The summed E-state index contributed by atoms with van der Waals surface area (Å²) in [6, 6.07) is 8.01. The highest BCUT2D eigenvalue weighted by Gasteiger charge is 2.15. The molecule has 3 rings (SSSR count). The fourth-order valence-electron chi connectivity index (χ4n) is 2.57. The van der Waals surface area contributed by atoms with Crippen LogP contribution >= 0.6 is 0 Å². The van der Waals surface area contributed by atoms with Gasteiger partial charge in [0.15, 0.2) is 5.82 Å². The number of para-hydroxylation sites is 2. The van der Waals surface area contributed by atoms with E-state index in [2.05, 4.69) is 15.3 Å². The van der Waals surface area contributed by atoms with Crippen molar-refractivity contribution in [2.45, 2.75) is 52.0 Å². The van der Waals surface area contributed by atoms with Gasteiger partial charge < -0.3 is 10.3 Å². The van der Waals surface area contributed by atoms with Gasteiger partial charge in [0, 0.05) is 6.04 Å². The molecule has 0 bridgehead atoms. The van der Waals surface area contributed by atoms with Crippen molar-refractivity contribution in [3.8, 4) is 0 Å². The number of anilines is 1. The topological polar surface area (TPSA) is 57.8 Å². The predicted octanol–water partition coefficient (Wildman–Crippen LogP) is 3.69. The molecule has 1 heterocycles. The van der Waals surface area contributed by atoms with E-state index in [0.717, 1.165) is 23.9 Å². The maximum absolute atomic E-state index is 11.9. The molecule has 0 atom stereocenters. The molecule has 4 heteroatoms. The van der Waals surface area contributed by atoms with Crippen LogP contribution in [0.2, 0.25) is 0 Å². The van der Waals surface area contributed by atoms with Crippen LogP contribution < -0.4 is 10.9 Å². The Morgan fingerprint density at radius 3 is 2.60 bits per heavy atom. The first kappa shape index (κ1) is 14.6.